The van der Waals surface area contributed by atoms with Gasteiger partial charge in [0.1, 0.15) is 11.0 Å². The van der Waals surface area contributed by atoms with E-state index in [9.17, 15) is 0 Å². The van der Waals surface area contributed by atoms with E-state index in [-0.39, 0.29) is 0 Å². The van der Waals surface area contributed by atoms with E-state index in [2.05, 4.69) is 15.1 Å². The van der Waals surface area contributed by atoms with Crippen LogP contribution in [0.25, 0.3) is 5.82 Å². The highest BCUT2D eigenvalue weighted by molar-refractivity contribution is 7.71. The summed E-state index contributed by atoms with van der Waals surface area (Å²) in [5.74, 6) is 0.758. The smallest absolute Gasteiger partial charge is 0.156 e. The highest BCUT2D eigenvalue weighted by atomic mass is 32.1. The molecule has 2 heterocycles. The first kappa shape index (κ1) is 8.12. The first-order chi connectivity index (χ1) is 6.27. The molecule has 0 radical (unpaired) electrons. The molecule has 0 unspecified atom stereocenters. The van der Waals surface area contributed by atoms with Crippen molar-refractivity contribution < 1.29 is 0 Å². The molecule has 0 bridgehead atoms. The van der Waals surface area contributed by atoms with E-state index in [1.54, 1.807) is 16.9 Å². The fourth-order valence-electron chi connectivity index (χ4n) is 1.10. The zero-order valence-electron chi connectivity index (χ0n) is 7.06. The second-order valence-electron chi connectivity index (χ2n) is 2.68. The lowest BCUT2D eigenvalue weighted by atomic mass is 10.5. The number of rotatable bonds is 1. The van der Waals surface area contributed by atoms with E-state index < -0.39 is 0 Å². The molecule has 66 valence electrons. The van der Waals surface area contributed by atoms with Gasteiger partial charge in [-0.05, 0) is 13.0 Å². The lowest BCUT2D eigenvalue weighted by Gasteiger charge is -1.99. The number of aromatic amines is 1. The normalized spacial score (nSPS) is 10.2. The number of aromatic nitrogens is 4. The molecule has 2 aromatic heterocycles. The van der Waals surface area contributed by atoms with Crippen LogP contribution in [0.5, 0.6) is 0 Å². The van der Waals surface area contributed by atoms with Crippen molar-refractivity contribution in [3.63, 3.8) is 0 Å². The minimum Gasteiger partial charge on any atom is -0.296 e. The van der Waals surface area contributed by atoms with Gasteiger partial charge in [0.15, 0.2) is 5.82 Å². The van der Waals surface area contributed by atoms with Crippen LogP contribution in [0.1, 0.15) is 5.69 Å². The maximum Gasteiger partial charge on any atom is 0.156 e. The van der Waals surface area contributed by atoms with Gasteiger partial charge in [-0.15, -0.1) is 0 Å². The van der Waals surface area contributed by atoms with Gasteiger partial charge in [0.05, 0.1) is 0 Å². The maximum absolute atomic E-state index is 5.13. The van der Waals surface area contributed by atoms with E-state index in [1.807, 2.05) is 13.0 Å². The lowest BCUT2D eigenvalue weighted by molar-refractivity contribution is 0.817. The molecule has 0 aliphatic rings. The molecule has 0 aliphatic heterocycles. The van der Waals surface area contributed by atoms with E-state index in [0.29, 0.717) is 0 Å². The SMILES string of the molecule is Cc1cc(=S)n(-c2ccncn2)[nH]1. The molecule has 4 nitrogen and oxygen atoms in total. The monoisotopic (exact) mass is 192 g/mol. The second kappa shape index (κ2) is 3.10. The Hall–Kier alpha value is -1.49. The number of nitrogens with one attached hydrogen (secondary N) is 1. The Balaban J connectivity index is 2.59. The minimum atomic E-state index is 0.719. The molecule has 0 aliphatic carbocycles. The third kappa shape index (κ3) is 1.50. The summed E-state index contributed by atoms with van der Waals surface area (Å²) in [6, 6.07) is 3.68. The number of hydrogen-bond acceptors (Lipinski definition) is 3. The lowest BCUT2D eigenvalue weighted by Crippen LogP contribution is -1.99. The van der Waals surface area contributed by atoms with Gasteiger partial charge in [-0.25, -0.2) is 14.6 Å². The van der Waals surface area contributed by atoms with Crippen molar-refractivity contribution in [1.82, 2.24) is 19.7 Å². The van der Waals surface area contributed by atoms with Gasteiger partial charge in [0.25, 0.3) is 0 Å². The summed E-state index contributed by atoms with van der Waals surface area (Å²) in [5, 5.41) is 3.08. The molecule has 2 aromatic rings. The second-order valence-corrected chi connectivity index (χ2v) is 3.10. The highest BCUT2D eigenvalue weighted by Gasteiger charge is 1.99. The minimum absolute atomic E-state index is 0.719. The molecule has 0 saturated carbocycles. The van der Waals surface area contributed by atoms with E-state index in [4.69, 9.17) is 12.2 Å². The van der Waals surface area contributed by atoms with Gasteiger partial charge in [0.2, 0.25) is 0 Å². The molecular formula is C8H8N4S. The fourth-order valence-corrected chi connectivity index (χ4v) is 1.42. The molecule has 0 atom stereocenters. The quantitative estimate of drug-likeness (QED) is 0.698. The summed E-state index contributed by atoms with van der Waals surface area (Å²) in [5.41, 5.74) is 1.02. The van der Waals surface area contributed by atoms with Crippen LogP contribution in [0.15, 0.2) is 24.7 Å². The van der Waals surface area contributed by atoms with E-state index >= 15 is 0 Å². The largest absolute Gasteiger partial charge is 0.296 e. The number of aryl methyl sites for hydroxylation is 1. The standard InChI is InChI=1S/C8H8N4S/c1-6-4-8(13)12(11-6)7-2-3-9-5-10-7/h2-5,11H,1H3. The number of H-pyrrole nitrogens is 1. The molecular weight excluding hydrogens is 184 g/mol. The van der Waals surface area contributed by atoms with Crippen molar-refractivity contribution in [2.75, 3.05) is 0 Å². The first-order valence-corrected chi connectivity index (χ1v) is 4.23. The summed E-state index contributed by atoms with van der Waals surface area (Å²) in [7, 11) is 0. The summed E-state index contributed by atoms with van der Waals surface area (Å²) in [4.78, 5) is 7.91. The van der Waals surface area contributed by atoms with Gasteiger partial charge >= 0.3 is 0 Å². The topological polar surface area (TPSA) is 46.5 Å². The van der Waals surface area contributed by atoms with Crippen molar-refractivity contribution in [2.24, 2.45) is 0 Å². The molecule has 0 spiro atoms. The summed E-state index contributed by atoms with van der Waals surface area (Å²) in [6.07, 6.45) is 3.17. The molecule has 0 fully saturated rings. The summed E-state index contributed by atoms with van der Waals surface area (Å²) in [6.45, 7) is 1.95. The van der Waals surface area contributed by atoms with Crippen LogP contribution < -0.4 is 0 Å². The Bertz CT molecular complexity index is 456. The molecule has 0 amide bonds. The molecule has 2 rings (SSSR count). The maximum atomic E-state index is 5.13. The van der Waals surface area contributed by atoms with Crippen molar-refractivity contribution in [3.8, 4) is 5.82 Å². The van der Waals surface area contributed by atoms with Crippen molar-refractivity contribution in [2.45, 2.75) is 6.92 Å². The van der Waals surface area contributed by atoms with Crippen molar-refractivity contribution in [3.05, 3.63) is 35.0 Å². The van der Waals surface area contributed by atoms with Crippen molar-refractivity contribution >= 4 is 12.2 Å². The Morgan fingerprint density at radius 3 is 2.92 bits per heavy atom. The van der Waals surface area contributed by atoms with Gasteiger partial charge in [-0.2, -0.15) is 0 Å². The van der Waals surface area contributed by atoms with Crippen LogP contribution in [-0.4, -0.2) is 19.7 Å². The van der Waals surface area contributed by atoms with Crippen LogP contribution >= 0.6 is 12.2 Å². The van der Waals surface area contributed by atoms with Gasteiger partial charge in [-0.3, -0.25) is 5.10 Å². The fraction of sp³-hybridized carbons (Fsp3) is 0.125. The van der Waals surface area contributed by atoms with Gasteiger partial charge < -0.3 is 0 Å². The summed E-state index contributed by atoms with van der Waals surface area (Å²) < 4.78 is 2.46. The molecule has 1 N–H and O–H groups in total. The Kier molecular flexibility index (Phi) is 1.94. The average molecular weight is 192 g/mol. The Labute approximate surface area is 80.3 Å². The molecule has 5 heteroatoms. The van der Waals surface area contributed by atoms with Crippen LogP contribution in [-0.2, 0) is 0 Å². The molecule has 0 saturated heterocycles. The Morgan fingerprint density at radius 2 is 2.38 bits per heavy atom. The van der Waals surface area contributed by atoms with Crippen LogP contribution in [0.3, 0.4) is 0 Å². The third-order valence-electron chi connectivity index (χ3n) is 1.64. The van der Waals surface area contributed by atoms with Crippen LogP contribution in [0.2, 0.25) is 0 Å². The predicted molar refractivity (Wildman–Crippen MR) is 51.3 cm³/mol. The summed E-state index contributed by atoms with van der Waals surface area (Å²) >= 11 is 5.13. The van der Waals surface area contributed by atoms with E-state index in [0.717, 1.165) is 16.2 Å². The Morgan fingerprint density at radius 1 is 1.54 bits per heavy atom. The van der Waals surface area contributed by atoms with Crippen molar-refractivity contribution in [1.29, 1.82) is 0 Å². The molecule has 13 heavy (non-hydrogen) atoms. The number of hydrogen-bond donors (Lipinski definition) is 1. The van der Waals surface area contributed by atoms with Crippen LogP contribution in [0.4, 0.5) is 0 Å². The van der Waals surface area contributed by atoms with Crippen LogP contribution in [0, 0.1) is 11.6 Å². The third-order valence-corrected chi connectivity index (χ3v) is 1.94. The first-order valence-electron chi connectivity index (χ1n) is 3.82. The van der Waals surface area contributed by atoms with Gasteiger partial charge in [0, 0.05) is 18.0 Å². The highest BCUT2D eigenvalue weighted by Crippen LogP contribution is 2.04. The number of nitrogens with zero attached hydrogens (tertiary/aromatic N) is 3. The molecule has 0 aromatic carbocycles. The van der Waals surface area contributed by atoms with E-state index in [1.165, 1.54) is 6.33 Å². The predicted octanol–water partition coefficient (Wildman–Crippen LogP) is 1.63. The zero-order valence-corrected chi connectivity index (χ0v) is 7.88. The zero-order chi connectivity index (χ0) is 9.26. The average Bonchev–Trinajstić information content (AvgIpc) is 2.47. The van der Waals surface area contributed by atoms with Gasteiger partial charge in [-0.1, -0.05) is 12.2 Å².